The summed E-state index contributed by atoms with van der Waals surface area (Å²) in [6, 6.07) is 14.8. The lowest BCUT2D eigenvalue weighted by molar-refractivity contribution is 0.296. The first kappa shape index (κ1) is 18.8. The summed E-state index contributed by atoms with van der Waals surface area (Å²) in [5, 5.41) is 4.12. The van der Waals surface area contributed by atoms with Gasteiger partial charge in [0.25, 0.3) is 0 Å². The molecular formula is C22H19FN2OS. The number of aromatic nitrogens is 1. The van der Waals surface area contributed by atoms with E-state index in [4.69, 9.17) is 23.4 Å². The Hall–Kier alpha value is -2.97. The van der Waals surface area contributed by atoms with Crippen LogP contribution in [0.5, 0.6) is 5.75 Å². The third kappa shape index (κ3) is 4.81. The van der Waals surface area contributed by atoms with Crippen molar-refractivity contribution in [1.29, 1.82) is 0 Å². The Bertz CT molecular complexity index is 997. The van der Waals surface area contributed by atoms with Crippen LogP contribution in [0.25, 0.3) is 10.9 Å². The van der Waals surface area contributed by atoms with Crippen LogP contribution in [-0.2, 0) is 6.54 Å². The van der Waals surface area contributed by atoms with E-state index in [1.165, 1.54) is 0 Å². The molecule has 5 heteroatoms. The molecule has 0 unspecified atom stereocenters. The van der Waals surface area contributed by atoms with Gasteiger partial charge in [-0.25, -0.2) is 4.39 Å². The van der Waals surface area contributed by atoms with Crippen molar-refractivity contribution >= 4 is 28.1 Å². The zero-order chi connectivity index (χ0) is 19.1. The van der Waals surface area contributed by atoms with E-state index in [-0.39, 0.29) is 18.1 Å². The number of halogens is 1. The number of hydrogen-bond donors (Lipinski definition) is 1. The molecule has 0 amide bonds. The average molecular weight is 378 g/mol. The molecule has 0 aliphatic heterocycles. The molecule has 0 radical (unpaired) electrons. The highest BCUT2D eigenvalue weighted by molar-refractivity contribution is 7.80. The van der Waals surface area contributed by atoms with Crippen LogP contribution in [-0.4, -0.2) is 16.6 Å². The molecule has 0 fully saturated rings. The fourth-order valence-corrected chi connectivity index (χ4v) is 2.85. The van der Waals surface area contributed by atoms with E-state index >= 15 is 0 Å². The minimum atomic E-state index is -0.379. The number of ether oxygens (including phenoxy) is 1. The summed E-state index contributed by atoms with van der Waals surface area (Å²) in [4.78, 5) is 4.85. The summed E-state index contributed by atoms with van der Waals surface area (Å²) in [7, 11) is 0. The first-order valence-electron chi connectivity index (χ1n) is 8.65. The zero-order valence-corrected chi connectivity index (χ0v) is 15.6. The number of rotatable bonds is 7. The largest absolute Gasteiger partial charge is 0.490 e. The highest BCUT2D eigenvalue weighted by Crippen LogP contribution is 2.21. The molecule has 136 valence electrons. The number of nitrogens with one attached hydrogen (secondary N) is 1. The highest BCUT2D eigenvalue weighted by atomic mass is 32.1. The number of nitrogens with zero attached hydrogens (tertiary/aromatic N) is 1. The van der Waals surface area contributed by atoms with E-state index in [9.17, 15) is 4.39 Å². The molecular weight excluding hydrogens is 359 g/mol. The Morgan fingerprint density at radius 1 is 1.22 bits per heavy atom. The topological polar surface area (TPSA) is 34.1 Å². The van der Waals surface area contributed by atoms with Crippen molar-refractivity contribution in [3.63, 3.8) is 0 Å². The molecule has 27 heavy (non-hydrogen) atoms. The van der Waals surface area contributed by atoms with Crippen molar-refractivity contribution in [2.45, 2.75) is 19.4 Å². The van der Waals surface area contributed by atoms with Crippen LogP contribution < -0.4 is 10.1 Å². The van der Waals surface area contributed by atoms with Crippen molar-refractivity contribution in [3.8, 4) is 18.1 Å². The Morgan fingerprint density at radius 2 is 2.11 bits per heavy atom. The van der Waals surface area contributed by atoms with Crippen molar-refractivity contribution in [1.82, 2.24) is 10.3 Å². The lowest BCUT2D eigenvalue weighted by Crippen LogP contribution is -2.22. The molecule has 0 spiro atoms. The molecule has 3 rings (SSSR count). The smallest absolute Gasteiger partial charge is 0.170 e. The fraction of sp³-hybridized carbons (Fsp3) is 0.182. The van der Waals surface area contributed by atoms with Gasteiger partial charge in [-0.1, -0.05) is 30.4 Å². The third-order valence-corrected chi connectivity index (χ3v) is 4.45. The first-order valence-corrected chi connectivity index (χ1v) is 9.06. The van der Waals surface area contributed by atoms with Crippen LogP contribution in [0.4, 0.5) is 4.39 Å². The summed E-state index contributed by atoms with van der Waals surface area (Å²) in [5.41, 5.74) is 2.27. The van der Waals surface area contributed by atoms with E-state index in [2.05, 4.69) is 16.2 Å². The fourth-order valence-electron chi connectivity index (χ4n) is 2.66. The summed E-state index contributed by atoms with van der Waals surface area (Å²) >= 11 is 5.45. The lowest BCUT2D eigenvalue weighted by atomic mass is 10.1. The van der Waals surface area contributed by atoms with Crippen LogP contribution >= 0.6 is 12.2 Å². The maximum absolute atomic E-state index is 14.6. The van der Waals surface area contributed by atoms with Crippen LogP contribution in [0.2, 0.25) is 0 Å². The maximum Gasteiger partial charge on any atom is 0.170 e. The van der Waals surface area contributed by atoms with Gasteiger partial charge in [0.2, 0.25) is 0 Å². The van der Waals surface area contributed by atoms with Crippen LogP contribution in [0.1, 0.15) is 24.0 Å². The normalized spacial score (nSPS) is 10.4. The van der Waals surface area contributed by atoms with Gasteiger partial charge in [-0.15, -0.1) is 12.3 Å². The van der Waals surface area contributed by atoms with Crippen LogP contribution in [0.15, 0.2) is 54.7 Å². The third-order valence-electron chi connectivity index (χ3n) is 4.07. The zero-order valence-electron chi connectivity index (χ0n) is 14.7. The molecule has 2 aromatic carbocycles. The molecule has 3 aromatic rings. The van der Waals surface area contributed by atoms with Gasteiger partial charge in [0.15, 0.2) is 11.6 Å². The van der Waals surface area contributed by atoms with Gasteiger partial charge in [-0.05, 0) is 36.8 Å². The second-order valence-corrected chi connectivity index (χ2v) is 6.39. The van der Waals surface area contributed by atoms with Gasteiger partial charge in [-0.2, -0.15) is 0 Å². The van der Waals surface area contributed by atoms with Crippen molar-refractivity contribution in [2.75, 3.05) is 6.61 Å². The second kappa shape index (κ2) is 9.11. The number of terminal acetylenes is 1. The summed E-state index contributed by atoms with van der Waals surface area (Å²) in [6.45, 7) is 0.666. The minimum Gasteiger partial charge on any atom is -0.490 e. The van der Waals surface area contributed by atoms with Gasteiger partial charge in [0.1, 0.15) is 4.99 Å². The number of hydrogen-bond acceptors (Lipinski definition) is 3. The number of unbranched alkanes of at least 4 members (excludes halogenated alkanes) is 1. The van der Waals surface area contributed by atoms with Crippen LogP contribution in [0, 0.1) is 18.2 Å². The Morgan fingerprint density at radius 3 is 2.96 bits per heavy atom. The summed E-state index contributed by atoms with van der Waals surface area (Å²) < 4.78 is 20.1. The quantitative estimate of drug-likeness (QED) is 0.369. The van der Waals surface area contributed by atoms with E-state index in [1.807, 2.05) is 30.3 Å². The predicted molar refractivity (Wildman–Crippen MR) is 110 cm³/mol. The van der Waals surface area contributed by atoms with Gasteiger partial charge < -0.3 is 10.1 Å². The molecule has 0 aliphatic carbocycles. The van der Waals surface area contributed by atoms with Gasteiger partial charge in [0, 0.05) is 35.7 Å². The molecule has 0 saturated carbocycles. The van der Waals surface area contributed by atoms with Crippen molar-refractivity contribution in [2.24, 2.45) is 0 Å². The van der Waals surface area contributed by atoms with Crippen molar-refractivity contribution in [3.05, 3.63) is 71.7 Å². The Balaban J connectivity index is 1.65. The average Bonchev–Trinajstić information content (AvgIpc) is 2.70. The first-order chi connectivity index (χ1) is 13.2. The number of fused-ring (bicyclic) bond motifs is 1. The Kier molecular flexibility index (Phi) is 6.35. The summed E-state index contributed by atoms with van der Waals surface area (Å²) in [5.74, 6) is 2.39. The van der Waals surface area contributed by atoms with Gasteiger partial charge >= 0.3 is 0 Å². The van der Waals surface area contributed by atoms with E-state index in [0.717, 1.165) is 16.5 Å². The summed E-state index contributed by atoms with van der Waals surface area (Å²) in [6.07, 6.45) is 8.26. The van der Waals surface area contributed by atoms with E-state index in [1.54, 1.807) is 24.4 Å². The second-order valence-electron chi connectivity index (χ2n) is 5.98. The van der Waals surface area contributed by atoms with E-state index < -0.39 is 0 Å². The molecule has 3 nitrogen and oxygen atoms in total. The number of pyridine rings is 1. The Labute approximate surface area is 163 Å². The van der Waals surface area contributed by atoms with Gasteiger partial charge in [-0.3, -0.25) is 4.98 Å². The van der Waals surface area contributed by atoms with Crippen LogP contribution in [0.3, 0.4) is 0 Å². The van der Waals surface area contributed by atoms with Crippen molar-refractivity contribution < 1.29 is 9.13 Å². The lowest BCUT2D eigenvalue weighted by Gasteiger charge is -2.12. The number of benzene rings is 2. The SMILES string of the molecule is C#CCCCOc1cccc(CNC(=S)c2ccc3ncccc3c2)c1F. The highest BCUT2D eigenvalue weighted by Gasteiger charge is 2.10. The molecule has 0 atom stereocenters. The molecule has 0 aliphatic rings. The monoisotopic (exact) mass is 378 g/mol. The minimum absolute atomic E-state index is 0.231. The molecule has 0 saturated heterocycles. The van der Waals surface area contributed by atoms with Gasteiger partial charge in [0.05, 0.1) is 12.1 Å². The van der Waals surface area contributed by atoms with E-state index in [0.29, 0.717) is 30.0 Å². The standard InChI is InChI=1S/C22H19FN2OS/c1-2-3-4-13-26-20-9-5-7-18(21(20)23)15-25-22(27)17-10-11-19-16(14-17)8-6-12-24-19/h1,5-12,14H,3-4,13,15H2,(H,25,27). The number of thiocarbonyl (C=S) groups is 1. The molecule has 1 aromatic heterocycles. The molecule has 1 heterocycles. The maximum atomic E-state index is 14.6. The predicted octanol–water partition coefficient (Wildman–Crippen LogP) is 4.63. The molecule has 1 N–H and O–H groups in total. The molecule has 0 bridgehead atoms.